The molecule has 6 heteroatoms. The average molecular weight is 371 g/mol. The second-order valence-corrected chi connectivity index (χ2v) is 8.62. The van der Waals surface area contributed by atoms with Gasteiger partial charge in [0.2, 0.25) is 6.41 Å². The van der Waals surface area contributed by atoms with Crippen LogP contribution in [0.5, 0.6) is 0 Å². The first-order chi connectivity index (χ1) is 12.3. The van der Waals surface area contributed by atoms with Crippen molar-refractivity contribution in [2.75, 3.05) is 13.2 Å². The van der Waals surface area contributed by atoms with Crippen molar-refractivity contribution < 1.29 is 19.1 Å². The lowest BCUT2D eigenvalue weighted by Crippen LogP contribution is -2.55. The van der Waals surface area contributed by atoms with Gasteiger partial charge in [-0.2, -0.15) is 0 Å². The Morgan fingerprint density at radius 1 is 1.15 bits per heavy atom. The van der Waals surface area contributed by atoms with Crippen molar-refractivity contribution in [1.29, 1.82) is 0 Å². The lowest BCUT2D eigenvalue weighted by molar-refractivity contribution is -0.126. The molecular formula is C20H38N2O4. The smallest absolute Gasteiger partial charge is 0.407 e. The summed E-state index contributed by atoms with van der Waals surface area (Å²) in [5.41, 5.74) is -0.219. The molecule has 0 bridgehead atoms. The maximum absolute atomic E-state index is 12.1. The van der Waals surface area contributed by atoms with E-state index in [-0.39, 0.29) is 29.2 Å². The fourth-order valence-electron chi connectivity index (χ4n) is 4.22. The zero-order chi connectivity index (χ0) is 19.6. The summed E-state index contributed by atoms with van der Waals surface area (Å²) in [6.07, 6.45) is 6.43. The Labute approximate surface area is 158 Å². The molecule has 0 aliphatic heterocycles. The van der Waals surface area contributed by atoms with Crippen LogP contribution in [0.4, 0.5) is 4.79 Å². The highest BCUT2D eigenvalue weighted by molar-refractivity contribution is 5.67. The molecule has 0 spiro atoms. The van der Waals surface area contributed by atoms with Crippen molar-refractivity contribution in [3.05, 3.63) is 0 Å². The van der Waals surface area contributed by atoms with Gasteiger partial charge in [0.25, 0.3) is 0 Å². The van der Waals surface area contributed by atoms with Gasteiger partial charge in [-0.05, 0) is 37.5 Å². The van der Waals surface area contributed by atoms with Crippen LogP contribution < -0.4 is 10.6 Å². The Bertz CT molecular complexity index is 442. The van der Waals surface area contributed by atoms with Gasteiger partial charge in [-0.1, -0.05) is 47.5 Å². The number of ether oxygens (including phenoxy) is 2. The molecular weight excluding hydrogens is 332 g/mol. The third kappa shape index (κ3) is 7.52. The van der Waals surface area contributed by atoms with E-state index in [4.69, 9.17) is 9.47 Å². The van der Waals surface area contributed by atoms with Crippen molar-refractivity contribution in [1.82, 2.24) is 10.6 Å². The van der Waals surface area contributed by atoms with Gasteiger partial charge in [0.1, 0.15) is 6.23 Å². The normalized spacial score (nSPS) is 26.0. The summed E-state index contributed by atoms with van der Waals surface area (Å²) in [6.45, 7) is 11.8. The molecule has 1 aliphatic carbocycles. The first kappa shape index (κ1) is 22.7. The Kier molecular flexibility index (Phi) is 9.41. The summed E-state index contributed by atoms with van der Waals surface area (Å²) < 4.78 is 11.3. The van der Waals surface area contributed by atoms with Crippen LogP contribution in [0.3, 0.4) is 0 Å². The van der Waals surface area contributed by atoms with E-state index in [1.54, 1.807) is 0 Å². The van der Waals surface area contributed by atoms with E-state index < -0.39 is 0 Å². The second-order valence-electron chi connectivity index (χ2n) is 8.62. The third-order valence-corrected chi connectivity index (χ3v) is 5.08. The molecule has 0 saturated heterocycles. The Morgan fingerprint density at radius 2 is 1.81 bits per heavy atom. The predicted octanol–water partition coefficient (Wildman–Crippen LogP) is 3.99. The molecule has 0 aromatic rings. The molecule has 1 saturated carbocycles. The monoisotopic (exact) mass is 370 g/mol. The molecule has 0 radical (unpaired) electrons. The lowest BCUT2D eigenvalue weighted by atomic mass is 9.62. The number of unbranched alkanes of at least 4 members (excludes halogenated alkanes) is 2. The second kappa shape index (κ2) is 10.8. The largest absolute Gasteiger partial charge is 0.450 e. The van der Waals surface area contributed by atoms with E-state index in [0.717, 1.165) is 44.9 Å². The van der Waals surface area contributed by atoms with Crippen molar-refractivity contribution in [2.24, 2.45) is 10.8 Å². The molecule has 0 heterocycles. The standard InChI is InChI=1S/C20H38N2O4/c1-6-8-10-25-17(21-15-23)20(5)13-16(12-19(3,4)14-20)22-18(24)26-11-9-7-2/h15-17H,6-14H2,1-5H3,(H,21,23)(H,22,24). The van der Waals surface area contributed by atoms with Gasteiger partial charge < -0.3 is 20.1 Å². The fraction of sp³-hybridized carbons (Fsp3) is 0.900. The molecule has 152 valence electrons. The zero-order valence-electron chi connectivity index (χ0n) is 17.2. The summed E-state index contributed by atoms with van der Waals surface area (Å²) in [5, 5.41) is 5.88. The molecule has 26 heavy (non-hydrogen) atoms. The van der Waals surface area contributed by atoms with E-state index in [1.165, 1.54) is 0 Å². The molecule has 2 amide bonds. The molecule has 1 rings (SSSR count). The van der Waals surface area contributed by atoms with E-state index in [9.17, 15) is 9.59 Å². The van der Waals surface area contributed by atoms with Crippen LogP contribution in [-0.4, -0.2) is 38.0 Å². The minimum Gasteiger partial charge on any atom is -0.450 e. The zero-order valence-corrected chi connectivity index (χ0v) is 17.2. The van der Waals surface area contributed by atoms with Crippen molar-refractivity contribution >= 4 is 12.5 Å². The number of amides is 2. The number of rotatable bonds is 11. The third-order valence-electron chi connectivity index (χ3n) is 5.08. The Balaban J connectivity index is 2.78. The minimum absolute atomic E-state index is 0.00334. The summed E-state index contributed by atoms with van der Waals surface area (Å²) in [7, 11) is 0. The Morgan fingerprint density at radius 3 is 2.42 bits per heavy atom. The summed E-state index contributed by atoms with van der Waals surface area (Å²) in [4.78, 5) is 23.2. The number of nitrogens with one attached hydrogen (secondary N) is 2. The summed E-state index contributed by atoms with van der Waals surface area (Å²) in [5.74, 6) is 0. The maximum atomic E-state index is 12.1. The number of carbonyl (C=O) groups excluding carboxylic acids is 2. The fourth-order valence-corrected chi connectivity index (χ4v) is 4.22. The topological polar surface area (TPSA) is 76.7 Å². The van der Waals surface area contributed by atoms with Crippen LogP contribution in [0.1, 0.15) is 79.6 Å². The molecule has 1 aliphatic rings. The highest BCUT2D eigenvalue weighted by Crippen LogP contribution is 2.48. The van der Waals surface area contributed by atoms with Crippen molar-refractivity contribution in [3.63, 3.8) is 0 Å². The van der Waals surface area contributed by atoms with Gasteiger partial charge in [0, 0.05) is 18.1 Å². The number of hydrogen-bond acceptors (Lipinski definition) is 4. The van der Waals surface area contributed by atoms with E-state index in [1.807, 2.05) is 0 Å². The average Bonchev–Trinajstić information content (AvgIpc) is 2.52. The van der Waals surface area contributed by atoms with Gasteiger partial charge in [0.15, 0.2) is 0 Å². The van der Waals surface area contributed by atoms with E-state index in [0.29, 0.717) is 19.6 Å². The van der Waals surface area contributed by atoms with Gasteiger partial charge in [0.05, 0.1) is 6.61 Å². The van der Waals surface area contributed by atoms with Crippen LogP contribution in [0.25, 0.3) is 0 Å². The van der Waals surface area contributed by atoms with Crippen LogP contribution in [0.15, 0.2) is 0 Å². The lowest BCUT2D eigenvalue weighted by Gasteiger charge is -2.49. The Hall–Kier alpha value is -1.30. The number of hydrogen-bond donors (Lipinski definition) is 2. The van der Waals surface area contributed by atoms with Gasteiger partial charge in [-0.25, -0.2) is 4.79 Å². The molecule has 6 nitrogen and oxygen atoms in total. The molecule has 3 unspecified atom stereocenters. The molecule has 0 aromatic heterocycles. The van der Waals surface area contributed by atoms with Gasteiger partial charge in [-0.3, -0.25) is 4.79 Å². The first-order valence-corrected chi connectivity index (χ1v) is 10.0. The van der Waals surface area contributed by atoms with Crippen molar-refractivity contribution in [3.8, 4) is 0 Å². The quantitative estimate of drug-likeness (QED) is 0.328. The first-order valence-electron chi connectivity index (χ1n) is 10.0. The highest BCUT2D eigenvalue weighted by atomic mass is 16.5. The molecule has 3 atom stereocenters. The minimum atomic E-state index is -0.355. The van der Waals surface area contributed by atoms with Crippen LogP contribution in [0, 0.1) is 10.8 Å². The SMILES string of the molecule is CCCCOC(=O)NC1CC(C)(C)CC(C)(C(NC=O)OCCCC)C1. The summed E-state index contributed by atoms with van der Waals surface area (Å²) >= 11 is 0. The van der Waals surface area contributed by atoms with Crippen LogP contribution in [0.2, 0.25) is 0 Å². The number of alkyl carbamates (subject to hydrolysis) is 1. The van der Waals surface area contributed by atoms with E-state index in [2.05, 4.69) is 45.3 Å². The van der Waals surface area contributed by atoms with Gasteiger partial charge in [-0.15, -0.1) is 0 Å². The molecule has 1 fully saturated rings. The summed E-state index contributed by atoms with van der Waals surface area (Å²) in [6, 6.07) is 0.00334. The van der Waals surface area contributed by atoms with Gasteiger partial charge >= 0.3 is 6.09 Å². The highest BCUT2D eigenvalue weighted by Gasteiger charge is 2.46. The van der Waals surface area contributed by atoms with Crippen molar-refractivity contribution in [2.45, 2.75) is 91.8 Å². The van der Waals surface area contributed by atoms with E-state index >= 15 is 0 Å². The van der Waals surface area contributed by atoms with Crippen LogP contribution in [-0.2, 0) is 14.3 Å². The molecule has 2 N–H and O–H groups in total. The molecule has 0 aromatic carbocycles. The number of carbonyl (C=O) groups is 2. The van der Waals surface area contributed by atoms with Crippen LogP contribution >= 0.6 is 0 Å². The predicted molar refractivity (Wildman–Crippen MR) is 103 cm³/mol. The maximum Gasteiger partial charge on any atom is 0.407 e.